The van der Waals surface area contributed by atoms with Crippen LogP contribution < -0.4 is 0 Å². The van der Waals surface area contributed by atoms with Gasteiger partial charge in [-0.2, -0.15) is 17.5 Å². The number of fused-ring (bicyclic) bond motifs is 1. The molecule has 14 heavy (non-hydrogen) atoms. The Morgan fingerprint density at radius 3 is 1.43 bits per heavy atom. The van der Waals surface area contributed by atoms with Crippen LogP contribution in [0.5, 0.6) is 0 Å². The fourth-order valence-corrected chi connectivity index (χ4v) is 4.24. The lowest BCUT2D eigenvalue weighted by molar-refractivity contribution is 0.616. The Bertz CT molecular complexity index is 353. The fraction of sp³-hybridized carbons (Fsp3) is 0.667. The maximum absolute atomic E-state index is 4.39. The molecule has 2 unspecified atom stereocenters. The third-order valence-corrected chi connectivity index (χ3v) is 4.81. The molecule has 0 saturated carbocycles. The van der Waals surface area contributed by atoms with Gasteiger partial charge in [0.1, 0.15) is 19.8 Å². The molecule has 2 aliphatic heterocycles. The highest BCUT2D eigenvalue weighted by atomic mass is 33.1. The lowest BCUT2D eigenvalue weighted by Crippen LogP contribution is -2.19. The molecule has 2 heterocycles. The van der Waals surface area contributed by atoms with E-state index in [1.807, 2.05) is 38.0 Å². The quantitative estimate of drug-likeness (QED) is 0.560. The topological polar surface area (TPSA) is 55.9 Å². The van der Waals surface area contributed by atoms with Crippen molar-refractivity contribution in [2.45, 2.75) is 0 Å². The van der Waals surface area contributed by atoms with E-state index in [0.29, 0.717) is 0 Å². The van der Waals surface area contributed by atoms with Crippen molar-refractivity contribution in [3.8, 4) is 0 Å². The van der Waals surface area contributed by atoms with E-state index in [1.165, 1.54) is 0 Å². The molecular weight excluding hydrogens is 220 g/mol. The van der Waals surface area contributed by atoms with E-state index in [4.69, 9.17) is 0 Å². The van der Waals surface area contributed by atoms with Crippen LogP contribution in [0, 0.1) is 0 Å². The summed E-state index contributed by atoms with van der Waals surface area (Å²) in [6.07, 6.45) is 0. The minimum atomic E-state index is -0.382. The van der Waals surface area contributed by atoms with Crippen LogP contribution in [0.15, 0.2) is 17.5 Å². The average molecular weight is 232 g/mol. The Hall–Kier alpha value is -0.760. The summed E-state index contributed by atoms with van der Waals surface area (Å²) < 4.78 is 17.6. The second-order valence-electron chi connectivity index (χ2n) is 3.22. The van der Waals surface area contributed by atoms with Gasteiger partial charge in [0.15, 0.2) is 0 Å². The van der Waals surface area contributed by atoms with Gasteiger partial charge in [0, 0.05) is 28.2 Å². The number of nitrogens with zero attached hydrogens (tertiary/aromatic N) is 6. The van der Waals surface area contributed by atoms with E-state index >= 15 is 0 Å². The van der Waals surface area contributed by atoms with Gasteiger partial charge in [0.25, 0.3) is 0 Å². The van der Waals surface area contributed by atoms with Gasteiger partial charge < -0.3 is 9.80 Å². The van der Waals surface area contributed by atoms with Crippen LogP contribution in [0.1, 0.15) is 0 Å². The zero-order chi connectivity index (χ0) is 10.3. The highest BCUT2D eigenvalue weighted by Crippen LogP contribution is 2.20. The first-order valence-corrected chi connectivity index (χ1v) is 6.82. The Morgan fingerprint density at radius 1 is 0.786 bits per heavy atom. The Labute approximate surface area is 87.6 Å². The summed E-state index contributed by atoms with van der Waals surface area (Å²) in [7, 11) is 6.94. The molecule has 0 fully saturated rings. The van der Waals surface area contributed by atoms with Crippen molar-refractivity contribution >= 4 is 31.7 Å². The van der Waals surface area contributed by atoms with Gasteiger partial charge in [-0.3, -0.25) is 0 Å². The highest BCUT2D eigenvalue weighted by molar-refractivity contribution is 8.62. The molecular formula is C6H12N6S2. The first-order chi connectivity index (χ1) is 6.58. The largest absolute Gasteiger partial charge is 0.346 e. The monoisotopic (exact) mass is 232 g/mol. The van der Waals surface area contributed by atoms with Crippen LogP contribution in [-0.4, -0.2) is 49.9 Å². The van der Waals surface area contributed by atoms with Crippen molar-refractivity contribution < 1.29 is 0 Å². The van der Waals surface area contributed by atoms with Crippen LogP contribution >= 0.6 is 0 Å². The van der Waals surface area contributed by atoms with Crippen molar-refractivity contribution in [3.05, 3.63) is 0 Å². The predicted molar refractivity (Wildman–Crippen MR) is 61.8 cm³/mol. The second-order valence-corrected chi connectivity index (χ2v) is 6.66. The van der Waals surface area contributed by atoms with Gasteiger partial charge in [0.2, 0.25) is 11.9 Å². The first-order valence-electron chi connectivity index (χ1n) is 4.03. The number of guanidine groups is 2. The number of hydrogen-bond donors (Lipinski definition) is 0. The summed E-state index contributed by atoms with van der Waals surface area (Å²) in [5, 5.41) is 0. The zero-order valence-corrected chi connectivity index (χ0v) is 10.1. The molecule has 0 bridgehead atoms. The molecule has 78 valence electrons. The van der Waals surface area contributed by atoms with E-state index in [2.05, 4.69) is 17.5 Å². The van der Waals surface area contributed by atoms with Gasteiger partial charge in [-0.25, -0.2) is 0 Å². The minimum Gasteiger partial charge on any atom is -0.346 e. The van der Waals surface area contributed by atoms with E-state index in [1.54, 1.807) is 0 Å². The molecule has 8 heteroatoms. The van der Waals surface area contributed by atoms with Crippen LogP contribution in [0.25, 0.3) is 0 Å². The number of hydrogen-bond acceptors (Lipinski definition) is 6. The zero-order valence-electron chi connectivity index (χ0n) is 8.50. The molecule has 2 rings (SSSR count). The van der Waals surface area contributed by atoms with Gasteiger partial charge in [-0.05, 0) is 0 Å². The molecule has 0 aromatic heterocycles. The summed E-state index contributed by atoms with van der Waals surface area (Å²) >= 11 is 0. The Kier molecular flexibility index (Phi) is 2.40. The molecule has 0 N–H and O–H groups in total. The van der Waals surface area contributed by atoms with E-state index in [-0.39, 0.29) is 19.8 Å². The van der Waals surface area contributed by atoms with Crippen LogP contribution in [0.3, 0.4) is 0 Å². The summed E-state index contributed by atoms with van der Waals surface area (Å²) in [5.41, 5.74) is 0. The fourth-order valence-electron chi connectivity index (χ4n) is 0.813. The molecule has 0 aromatic carbocycles. The Balaban J connectivity index is 2.26. The molecule has 0 amide bonds. The maximum Gasteiger partial charge on any atom is 0.242 e. The van der Waals surface area contributed by atoms with Gasteiger partial charge in [0.05, 0.1) is 0 Å². The van der Waals surface area contributed by atoms with Crippen LogP contribution in [0.4, 0.5) is 0 Å². The molecule has 2 aliphatic rings. The third-order valence-electron chi connectivity index (χ3n) is 1.57. The summed E-state index contributed by atoms with van der Waals surface area (Å²) in [6.45, 7) is 0. The molecule has 2 atom stereocenters. The van der Waals surface area contributed by atoms with Crippen molar-refractivity contribution in [1.82, 2.24) is 9.80 Å². The lowest BCUT2D eigenvalue weighted by Gasteiger charge is -2.07. The SMILES string of the molecule is CN(C)C1=NS2=NC(N(C)C)=NS2=N1. The van der Waals surface area contributed by atoms with Gasteiger partial charge in [-0.15, -0.1) is 0 Å². The maximum atomic E-state index is 4.39. The Morgan fingerprint density at radius 2 is 1.14 bits per heavy atom. The standard InChI is InChI=1S/C6H12N6S2/c1-11(2)5-7-13-9-6(12(3)4)10-14(13)8-5/h1-4H3. The van der Waals surface area contributed by atoms with E-state index < -0.39 is 0 Å². The summed E-state index contributed by atoms with van der Waals surface area (Å²) in [5.74, 6) is 1.50. The van der Waals surface area contributed by atoms with E-state index in [0.717, 1.165) is 11.9 Å². The molecule has 0 aromatic rings. The summed E-state index contributed by atoms with van der Waals surface area (Å²) in [6, 6.07) is 0. The average Bonchev–Trinajstić information content (AvgIpc) is 2.57. The highest BCUT2D eigenvalue weighted by Gasteiger charge is 2.23. The van der Waals surface area contributed by atoms with Crippen molar-refractivity contribution in [2.75, 3.05) is 28.2 Å². The van der Waals surface area contributed by atoms with E-state index in [9.17, 15) is 0 Å². The molecule has 0 aliphatic carbocycles. The van der Waals surface area contributed by atoms with Gasteiger partial charge >= 0.3 is 0 Å². The lowest BCUT2D eigenvalue weighted by atomic mass is 10.8. The van der Waals surface area contributed by atoms with Crippen LogP contribution in [-0.2, 0) is 19.8 Å². The van der Waals surface area contributed by atoms with Crippen molar-refractivity contribution in [2.24, 2.45) is 17.5 Å². The molecule has 0 radical (unpaired) electrons. The number of rotatable bonds is 0. The molecule has 6 nitrogen and oxygen atoms in total. The summed E-state index contributed by atoms with van der Waals surface area (Å²) in [4.78, 5) is 3.78. The van der Waals surface area contributed by atoms with Crippen molar-refractivity contribution in [3.63, 3.8) is 0 Å². The normalized spacial score (nSPS) is 28.6. The first kappa shape index (κ1) is 9.78. The minimum absolute atomic E-state index is 0.382. The van der Waals surface area contributed by atoms with Crippen molar-refractivity contribution in [1.29, 1.82) is 0 Å². The second kappa shape index (κ2) is 3.43. The van der Waals surface area contributed by atoms with Crippen LogP contribution in [0.2, 0.25) is 0 Å². The third kappa shape index (κ3) is 1.59. The molecule has 0 saturated heterocycles. The smallest absolute Gasteiger partial charge is 0.242 e. The van der Waals surface area contributed by atoms with Gasteiger partial charge in [-0.1, -0.05) is 0 Å². The predicted octanol–water partition coefficient (Wildman–Crippen LogP) is 0.198. The molecule has 0 spiro atoms.